The highest BCUT2D eigenvalue weighted by atomic mass is 16.8. The summed E-state index contributed by atoms with van der Waals surface area (Å²) in [5, 5.41) is 0. The second kappa shape index (κ2) is 55.8. The van der Waals surface area contributed by atoms with Gasteiger partial charge in [0.15, 0.2) is 25.2 Å². The Morgan fingerprint density at radius 3 is 0.800 bits per heavy atom. The van der Waals surface area contributed by atoms with Crippen molar-refractivity contribution in [1.29, 1.82) is 0 Å². The highest BCUT2D eigenvalue weighted by molar-refractivity contribution is 4.89. The van der Waals surface area contributed by atoms with E-state index < -0.39 is 12.6 Å². The molecule has 7 heteroatoms. The smallest absolute Gasteiger partial charge is 0.179 e. The molecule has 0 bridgehead atoms. The Labute approximate surface area is 406 Å². The van der Waals surface area contributed by atoms with Gasteiger partial charge in [-0.3, -0.25) is 0 Å². The molecule has 0 aromatic heterocycles. The third-order valence-electron chi connectivity index (χ3n) is 12.6. The Morgan fingerprint density at radius 2 is 0.538 bits per heavy atom. The molecule has 0 aliphatic carbocycles. The van der Waals surface area contributed by atoms with Crippen molar-refractivity contribution in [2.45, 2.75) is 310 Å². The molecule has 2 unspecified atom stereocenters. The van der Waals surface area contributed by atoms with Gasteiger partial charge in [-0.25, -0.2) is 0 Å². The first-order valence-corrected chi connectivity index (χ1v) is 28.7. The molecule has 65 heavy (non-hydrogen) atoms. The zero-order chi connectivity index (χ0) is 47.2. The van der Waals surface area contributed by atoms with Gasteiger partial charge in [0.25, 0.3) is 0 Å². The van der Waals surface area contributed by atoms with E-state index in [0.717, 1.165) is 77.8 Å². The first-order valence-electron chi connectivity index (χ1n) is 28.7. The van der Waals surface area contributed by atoms with E-state index >= 15 is 0 Å². The lowest BCUT2D eigenvalue weighted by molar-refractivity contribution is -0.188. The van der Waals surface area contributed by atoms with Crippen LogP contribution in [0.2, 0.25) is 0 Å². The van der Waals surface area contributed by atoms with Crippen LogP contribution >= 0.6 is 0 Å². The summed E-state index contributed by atoms with van der Waals surface area (Å²) in [5.74, 6) is 0. The molecule has 0 radical (unpaired) electrons. The first kappa shape index (κ1) is 64.2. The summed E-state index contributed by atoms with van der Waals surface area (Å²) in [4.78, 5) is 0. The zero-order valence-corrected chi connectivity index (χ0v) is 44.6. The largest absolute Gasteiger partial charge is 0.353 e. The van der Waals surface area contributed by atoms with Crippen molar-refractivity contribution in [2.24, 2.45) is 0 Å². The normalized spacial score (nSPS) is 13.2. The Morgan fingerprint density at radius 1 is 0.292 bits per heavy atom. The van der Waals surface area contributed by atoms with Crippen LogP contribution in [-0.2, 0) is 33.2 Å². The third kappa shape index (κ3) is 49.4. The van der Waals surface area contributed by atoms with Gasteiger partial charge in [-0.15, -0.1) is 0 Å². The lowest BCUT2D eigenvalue weighted by Gasteiger charge is -2.19. The molecule has 0 aromatic carbocycles. The number of methoxy groups -OCH3 is 2. The van der Waals surface area contributed by atoms with E-state index in [1.807, 2.05) is 12.2 Å². The fraction of sp³-hybridized carbons (Fsp3) is 0.931. The minimum atomic E-state index is -0.392. The van der Waals surface area contributed by atoms with Crippen LogP contribution in [0.5, 0.6) is 0 Å². The molecular weight excluding hydrogens is 809 g/mol. The van der Waals surface area contributed by atoms with E-state index in [9.17, 15) is 0 Å². The van der Waals surface area contributed by atoms with Crippen LogP contribution in [0.15, 0.2) is 24.3 Å². The summed E-state index contributed by atoms with van der Waals surface area (Å²) in [6, 6.07) is 0. The van der Waals surface area contributed by atoms with Crippen molar-refractivity contribution in [3.63, 3.8) is 0 Å². The van der Waals surface area contributed by atoms with Crippen molar-refractivity contribution < 1.29 is 33.2 Å². The number of ether oxygens (including phenoxy) is 7. The predicted molar refractivity (Wildman–Crippen MR) is 280 cm³/mol. The van der Waals surface area contributed by atoms with Gasteiger partial charge in [0.2, 0.25) is 0 Å². The number of hydrogen-bond donors (Lipinski definition) is 0. The molecule has 0 saturated heterocycles. The number of rotatable bonds is 56. The van der Waals surface area contributed by atoms with Gasteiger partial charge in [0.1, 0.15) is 0 Å². The average Bonchev–Trinajstić information content (AvgIpc) is 3.32. The maximum atomic E-state index is 6.15. The van der Waals surface area contributed by atoms with E-state index in [1.54, 1.807) is 14.2 Å². The summed E-state index contributed by atoms with van der Waals surface area (Å²) in [7, 11) is 3.40. The molecule has 0 aliphatic heterocycles. The fourth-order valence-electron chi connectivity index (χ4n) is 8.28. The molecule has 0 rings (SSSR count). The maximum Gasteiger partial charge on any atom is 0.179 e. The summed E-state index contributed by atoms with van der Waals surface area (Å²) in [6.07, 6.45) is 58.2. The van der Waals surface area contributed by atoms with Crippen molar-refractivity contribution in [3.8, 4) is 0 Å². The Kier molecular flexibility index (Phi) is 55.1. The topological polar surface area (TPSA) is 64.6 Å². The molecule has 0 fully saturated rings. The first-order chi connectivity index (χ1) is 32.1. The summed E-state index contributed by atoms with van der Waals surface area (Å²) in [6.45, 7) is 12.4. The van der Waals surface area contributed by atoms with Gasteiger partial charge in [-0.05, 0) is 89.2 Å². The summed E-state index contributed by atoms with van der Waals surface area (Å²) in [5.41, 5.74) is 0. The molecular formula is C58H114O7. The lowest BCUT2D eigenvalue weighted by Crippen LogP contribution is -2.22. The molecule has 0 aliphatic rings. The van der Waals surface area contributed by atoms with Crippen molar-refractivity contribution >= 4 is 0 Å². The quantitative estimate of drug-likeness (QED) is 0.0342. The standard InChI is InChI=1S/C58H114O7/c1-7-11-15-43-51-61-57(62-52-44-16-12-8-2)49-41-37-33-29-25-21-19-23-27-31-35-39-47-55(59-5)65-56(60-6)48-40-36-32-28-24-20-22-26-30-34-38-42-50-58(63-53-45-17-13-9-3)64-54-46-18-14-10-4/h39-40,47-48,55-58H,7-38,41-46,49-54H2,1-6H3. The van der Waals surface area contributed by atoms with Crippen LogP contribution in [0.25, 0.3) is 0 Å². The average molecular weight is 924 g/mol. The van der Waals surface area contributed by atoms with Crippen LogP contribution in [0.1, 0.15) is 285 Å². The Bertz CT molecular complexity index is 828. The Balaban J connectivity index is 3.90. The highest BCUT2D eigenvalue weighted by Gasteiger charge is 2.12. The number of allylic oxidation sites excluding steroid dienone is 2. The fourth-order valence-corrected chi connectivity index (χ4v) is 8.28. The van der Waals surface area contributed by atoms with Crippen molar-refractivity contribution in [1.82, 2.24) is 0 Å². The van der Waals surface area contributed by atoms with E-state index in [1.165, 1.54) is 205 Å². The maximum absolute atomic E-state index is 6.15. The van der Waals surface area contributed by atoms with E-state index in [4.69, 9.17) is 33.2 Å². The summed E-state index contributed by atoms with van der Waals surface area (Å²) < 4.78 is 41.8. The van der Waals surface area contributed by atoms with Gasteiger partial charge >= 0.3 is 0 Å². The highest BCUT2D eigenvalue weighted by Crippen LogP contribution is 2.18. The predicted octanol–water partition coefficient (Wildman–Crippen LogP) is 18.5. The number of unbranched alkanes of at least 4 members (excludes halogenated alkanes) is 32. The van der Waals surface area contributed by atoms with E-state index in [-0.39, 0.29) is 12.6 Å². The van der Waals surface area contributed by atoms with Crippen molar-refractivity contribution in [2.75, 3.05) is 40.6 Å². The molecule has 0 amide bonds. The minimum Gasteiger partial charge on any atom is -0.353 e. The molecule has 7 nitrogen and oxygen atoms in total. The van der Waals surface area contributed by atoms with Gasteiger partial charge in [-0.1, -0.05) is 220 Å². The van der Waals surface area contributed by atoms with Crippen LogP contribution in [-0.4, -0.2) is 65.8 Å². The minimum absolute atomic E-state index is 0.00335. The van der Waals surface area contributed by atoms with E-state index in [2.05, 4.69) is 39.8 Å². The molecule has 0 heterocycles. The van der Waals surface area contributed by atoms with Crippen LogP contribution < -0.4 is 0 Å². The van der Waals surface area contributed by atoms with Crippen LogP contribution in [0.4, 0.5) is 0 Å². The molecule has 388 valence electrons. The van der Waals surface area contributed by atoms with Crippen LogP contribution in [0, 0.1) is 0 Å². The van der Waals surface area contributed by atoms with Gasteiger partial charge in [-0.2, -0.15) is 0 Å². The zero-order valence-electron chi connectivity index (χ0n) is 44.6. The van der Waals surface area contributed by atoms with Gasteiger partial charge in [0, 0.05) is 40.6 Å². The third-order valence-corrected chi connectivity index (χ3v) is 12.6. The molecule has 0 N–H and O–H groups in total. The monoisotopic (exact) mass is 923 g/mol. The van der Waals surface area contributed by atoms with E-state index in [0.29, 0.717) is 0 Å². The summed E-state index contributed by atoms with van der Waals surface area (Å²) >= 11 is 0. The second-order valence-electron chi connectivity index (χ2n) is 19.0. The van der Waals surface area contributed by atoms with Crippen LogP contribution in [0.3, 0.4) is 0 Å². The number of hydrogen-bond acceptors (Lipinski definition) is 7. The lowest BCUT2D eigenvalue weighted by atomic mass is 10.0. The Hall–Kier alpha value is -0.800. The SMILES string of the molecule is CCCCCCOC(CCCCCCCCCCCCC=CC(OC)OC(C=CCCCCCCCCCCCCC(OCCCCCC)OCCCCCC)OC)OCCCCCC. The van der Waals surface area contributed by atoms with Gasteiger partial charge in [0.05, 0.1) is 0 Å². The molecule has 0 spiro atoms. The second-order valence-corrected chi connectivity index (χ2v) is 19.0. The van der Waals surface area contributed by atoms with Crippen molar-refractivity contribution in [3.05, 3.63) is 24.3 Å². The molecule has 0 saturated carbocycles. The molecule has 2 atom stereocenters. The molecule has 0 aromatic rings. The van der Waals surface area contributed by atoms with Gasteiger partial charge < -0.3 is 33.2 Å².